The number of carbonyl (C=O) groups is 2. The fourth-order valence-electron chi connectivity index (χ4n) is 4.76. The van der Waals surface area contributed by atoms with Gasteiger partial charge >= 0.3 is 0 Å². The van der Waals surface area contributed by atoms with Crippen LogP contribution in [0.4, 0.5) is 10.1 Å². The van der Waals surface area contributed by atoms with Gasteiger partial charge in [0.1, 0.15) is 17.2 Å². The number of para-hydroxylation sites is 1. The van der Waals surface area contributed by atoms with Crippen molar-refractivity contribution in [3.63, 3.8) is 0 Å². The number of nitrogens with zero attached hydrogens (tertiary/aromatic N) is 5. The van der Waals surface area contributed by atoms with Crippen LogP contribution in [0, 0.1) is 5.82 Å². The fraction of sp³-hybridized carbons (Fsp3) is 0.321. The lowest BCUT2D eigenvalue weighted by Crippen LogP contribution is -2.49. The van der Waals surface area contributed by atoms with Crippen molar-refractivity contribution in [2.24, 2.45) is 0 Å². The maximum atomic E-state index is 13.1. The summed E-state index contributed by atoms with van der Waals surface area (Å²) in [5.41, 5.74) is 2.82. The predicted octanol–water partition coefficient (Wildman–Crippen LogP) is 3.14. The summed E-state index contributed by atoms with van der Waals surface area (Å²) in [5.74, 6) is -0.529. The molecule has 0 saturated carbocycles. The molecule has 0 bridgehead atoms. The van der Waals surface area contributed by atoms with E-state index in [0.717, 1.165) is 44.0 Å². The Morgan fingerprint density at radius 1 is 0.667 bits per heavy atom. The molecule has 2 amide bonds. The Kier molecular flexibility index (Phi) is 7.23. The van der Waals surface area contributed by atoms with Gasteiger partial charge in [0.25, 0.3) is 11.8 Å². The van der Waals surface area contributed by atoms with E-state index < -0.39 is 0 Å². The first kappa shape index (κ1) is 23.9. The first-order valence-corrected chi connectivity index (χ1v) is 12.4. The summed E-state index contributed by atoms with van der Waals surface area (Å²) < 4.78 is 13.1. The zero-order valence-electron chi connectivity index (χ0n) is 20.2. The maximum absolute atomic E-state index is 13.1. The summed E-state index contributed by atoms with van der Waals surface area (Å²) in [6, 6.07) is 21.8. The first-order chi connectivity index (χ1) is 17.6. The number of hydrogen-bond acceptors (Lipinski definition) is 5. The van der Waals surface area contributed by atoms with E-state index in [1.54, 1.807) is 35.2 Å². The molecule has 0 aliphatic carbocycles. The molecule has 186 valence electrons. The number of halogens is 1. The number of carbonyl (C=O) groups excluding carboxylic acids is 2. The molecule has 3 heterocycles. The average Bonchev–Trinajstić information content (AvgIpc) is 2.94. The van der Waals surface area contributed by atoms with Crippen LogP contribution in [0.15, 0.2) is 72.8 Å². The molecule has 1 aromatic heterocycles. The lowest BCUT2D eigenvalue weighted by molar-refractivity contribution is 0.0622. The zero-order chi connectivity index (χ0) is 24.9. The highest BCUT2D eigenvalue weighted by Crippen LogP contribution is 2.17. The Morgan fingerprint density at radius 3 is 1.81 bits per heavy atom. The first-order valence-electron chi connectivity index (χ1n) is 12.4. The summed E-state index contributed by atoms with van der Waals surface area (Å²) in [4.78, 5) is 38.8. The van der Waals surface area contributed by atoms with Crippen LogP contribution < -0.4 is 4.90 Å². The molecule has 5 rings (SSSR count). The van der Waals surface area contributed by atoms with Crippen LogP contribution in [0.3, 0.4) is 0 Å². The third kappa shape index (κ3) is 5.54. The molecule has 2 aliphatic heterocycles. The van der Waals surface area contributed by atoms with Crippen molar-refractivity contribution in [3.05, 3.63) is 95.6 Å². The Hall–Kier alpha value is -3.78. The van der Waals surface area contributed by atoms with Gasteiger partial charge < -0.3 is 14.7 Å². The van der Waals surface area contributed by atoms with E-state index in [-0.39, 0.29) is 17.6 Å². The highest BCUT2D eigenvalue weighted by molar-refractivity contribution is 5.96. The number of aromatic nitrogens is 1. The van der Waals surface area contributed by atoms with Gasteiger partial charge in [0.2, 0.25) is 0 Å². The minimum Gasteiger partial charge on any atom is -0.368 e. The minimum absolute atomic E-state index is 0.138. The lowest BCUT2D eigenvalue weighted by Gasteiger charge is -2.36. The molecule has 7 nitrogen and oxygen atoms in total. The number of amides is 2. The topological polar surface area (TPSA) is 60.0 Å². The van der Waals surface area contributed by atoms with E-state index in [4.69, 9.17) is 0 Å². The third-order valence-electron chi connectivity index (χ3n) is 6.85. The Bertz CT molecular complexity index is 1190. The van der Waals surface area contributed by atoms with E-state index in [2.05, 4.69) is 26.9 Å². The summed E-state index contributed by atoms with van der Waals surface area (Å²) >= 11 is 0. The van der Waals surface area contributed by atoms with Gasteiger partial charge in [0.05, 0.1) is 0 Å². The smallest absolute Gasteiger partial charge is 0.272 e. The van der Waals surface area contributed by atoms with Crippen molar-refractivity contribution in [2.75, 3.05) is 57.3 Å². The normalized spacial score (nSPS) is 16.8. The largest absolute Gasteiger partial charge is 0.368 e. The maximum Gasteiger partial charge on any atom is 0.272 e. The quantitative estimate of drug-likeness (QED) is 0.554. The lowest BCUT2D eigenvalue weighted by atomic mass is 10.2. The second kappa shape index (κ2) is 10.9. The van der Waals surface area contributed by atoms with Crippen LogP contribution in [0.1, 0.15) is 26.5 Å². The van der Waals surface area contributed by atoms with Crippen LogP contribution in [-0.4, -0.2) is 83.9 Å². The SMILES string of the molecule is O=C(c1cccc(C(=O)N2CCN(c3ccccc3)CC2)n1)N1CCN(Cc2ccc(F)cc2)CC1. The van der Waals surface area contributed by atoms with Crippen LogP contribution in [0.5, 0.6) is 0 Å². The highest BCUT2D eigenvalue weighted by Gasteiger charge is 2.26. The summed E-state index contributed by atoms with van der Waals surface area (Å²) in [5, 5.41) is 0. The Morgan fingerprint density at radius 2 is 1.22 bits per heavy atom. The van der Waals surface area contributed by atoms with Gasteiger partial charge in [0, 0.05) is 64.6 Å². The molecule has 2 fully saturated rings. The van der Waals surface area contributed by atoms with E-state index in [0.29, 0.717) is 37.6 Å². The Balaban J connectivity index is 1.15. The van der Waals surface area contributed by atoms with E-state index in [1.165, 1.54) is 12.1 Å². The highest BCUT2D eigenvalue weighted by atomic mass is 19.1. The monoisotopic (exact) mass is 487 g/mol. The minimum atomic E-state index is -0.239. The van der Waals surface area contributed by atoms with Gasteiger partial charge in [-0.15, -0.1) is 0 Å². The van der Waals surface area contributed by atoms with Gasteiger partial charge in [-0.2, -0.15) is 0 Å². The summed E-state index contributed by atoms with van der Waals surface area (Å²) in [6.45, 7) is 6.10. The summed E-state index contributed by atoms with van der Waals surface area (Å²) in [6.07, 6.45) is 0. The van der Waals surface area contributed by atoms with Crippen molar-refractivity contribution in [2.45, 2.75) is 6.54 Å². The molecule has 2 aromatic carbocycles. The number of rotatable bonds is 5. The van der Waals surface area contributed by atoms with Gasteiger partial charge in [-0.1, -0.05) is 36.4 Å². The predicted molar refractivity (Wildman–Crippen MR) is 136 cm³/mol. The third-order valence-corrected chi connectivity index (χ3v) is 6.85. The van der Waals surface area contributed by atoms with Gasteiger partial charge in [-0.3, -0.25) is 14.5 Å². The molecule has 0 unspecified atom stereocenters. The molecule has 0 atom stereocenters. The van der Waals surface area contributed by atoms with Gasteiger partial charge in [0.15, 0.2) is 0 Å². The van der Waals surface area contributed by atoms with Crippen LogP contribution in [0.2, 0.25) is 0 Å². The van der Waals surface area contributed by atoms with Crippen LogP contribution in [0.25, 0.3) is 0 Å². The van der Waals surface area contributed by atoms with Gasteiger partial charge in [-0.05, 0) is 42.0 Å². The second-order valence-electron chi connectivity index (χ2n) is 9.22. The van der Waals surface area contributed by atoms with Crippen molar-refractivity contribution < 1.29 is 14.0 Å². The van der Waals surface area contributed by atoms with E-state index in [1.807, 2.05) is 23.1 Å². The standard InChI is InChI=1S/C28H30FN5O2/c29-23-11-9-22(10-12-23)21-31-13-15-33(16-14-31)27(35)25-7-4-8-26(30-25)28(36)34-19-17-32(18-20-34)24-5-2-1-3-6-24/h1-12H,13-21H2. The van der Waals surface area contributed by atoms with Crippen molar-refractivity contribution in [1.82, 2.24) is 19.7 Å². The summed E-state index contributed by atoms with van der Waals surface area (Å²) in [7, 11) is 0. The number of pyridine rings is 1. The van der Waals surface area contributed by atoms with Crippen LogP contribution in [-0.2, 0) is 6.54 Å². The number of hydrogen-bond donors (Lipinski definition) is 0. The molecule has 0 spiro atoms. The van der Waals surface area contributed by atoms with Crippen LogP contribution >= 0.6 is 0 Å². The van der Waals surface area contributed by atoms with Crippen molar-refractivity contribution in [1.29, 1.82) is 0 Å². The molecule has 3 aromatic rings. The molecule has 2 aliphatic rings. The fourth-order valence-corrected chi connectivity index (χ4v) is 4.76. The molecule has 0 N–H and O–H groups in total. The van der Waals surface area contributed by atoms with Gasteiger partial charge in [-0.25, -0.2) is 9.37 Å². The zero-order valence-corrected chi connectivity index (χ0v) is 20.2. The molecule has 36 heavy (non-hydrogen) atoms. The Labute approximate surface area is 210 Å². The molecular formula is C28H30FN5O2. The number of benzene rings is 2. The average molecular weight is 488 g/mol. The number of anilines is 1. The molecule has 2 saturated heterocycles. The van der Waals surface area contributed by atoms with Crippen molar-refractivity contribution in [3.8, 4) is 0 Å². The molecule has 8 heteroatoms. The van der Waals surface area contributed by atoms with Crippen molar-refractivity contribution >= 4 is 17.5 Å². The van der Waals surface area contributed by atoms with E-state index in [9.17, 15) is 14.0 Å². The molecular weight excluding hydrogens is 457 g/mol. The number of piperazine rings is 2. The van der Waals surface area contributed by atoms with E-state index >= 15 is 0 Å². The molecule has 0 radical (unpaired) electrons. The second-order valence-corrected chi connectivity index (χ2v) is 9.22.